The summed E-state index contributed by atoms with van der Waals surface area (Å²) in [5.74, 6) is -0.513. The molecule has 0 aromatic heterocycles. The van der Waals surface area contributed by atoms with E-state index >= 15 is 0 Å². The van der Waals surface area contributed by atoms with Crippen LogP contribution >= 0.6 is 0 Å². The molecule has 0 saturated heterocycles. The molecule has 0 aromatic rings. The van der Waals surface area contributed by atoms with E-state index in [0.717, 1.165) is 11.3 Å². The van der Waals surface area contributed by atoms with Crippen molar-refractivity contribution in [2.75, 3.05) is 6.61 Å². The summed E-state index contributed by atoms with van der Waals surface area (Å²) < 4.78 is 18.6. The van der Waals surface area contributed by atoms with Gasteiger partial charge < -0.3 is 10.1 Å². The quantitative estimate of drug-likeness (QED) is 0.638. The predicted molar refractivity (Wildman–Crippen MR) is 49.3 cm³/mol. The molecule has 0 fully saturated rings. The fraction of sp³-hybridized carbons (Fsp3) is 0.700. The Morgan fingerprint density at radius 3 is 3.00 bits per heavy atom. The van der Waals surface area contributed by atoms with Gasteiger partial charge >= 0.3 is 0 Å². The Kier molecular flexibility index (Phi) is 2.10. The van der Waals surface area contributed by atoms with Crippen LogP contribution < -0.4 is 5.32 Å². The van der Waals surface area contributed by atoms with Gasteiger partial charge in [-0.3, -0.25) is 4.79 Å². The predicted octanol–water partition coefficient (Wildman–Crippen LogP) is 1.30. The summed E-state index contributed by atoms with van der Waals surface area (Å²) in [6.45, 7) is 4.36. The third-order valence-electron chi connectivity index (χ3n) is 2.65. The smallest absolute Gasteiger partial charge is 0.259 e. The van der Waals surface area contributed by atoms with E-state index < -0.39 is 12.1 Å². The number of amides is 1. The monoisotopic (exact) mass is 199 g/mol. The molecule has 0 saturated carbocycles. The highest BCUT2D eigenvalue weighted by molar-refractivity contribution is 5.84. The van der Waals surface area contributed by atoms with Crippen LogP contribution in [-0.4, -0.2) is 24.3 Å². The summed E-state index contributed by atoms with van der Waals surface area (Å²) in [7, 11) is 0. The lowest BCUT2D eigenvalue weighted by Gasteiger charge is -2.36. The molecule has 1 amide bonds. The maximum Gasteiger partial charge on any atom is 0.259 e. The standard InChI is InChI=1S/C10H14FNO2/c1-10(2)4-8-6(5-14-10)3-7(11)9(13)12-8/h7H,3-5H2,1-2H3,(H,12,13). The second-order valence-corrected chi connectivity index (χ2v) is 4.47. The Bertz CT molecular complexity index is 309. The van der Waals surface area contributed by atoms with Crippen molar-refractivity contribution < 1.29 is 13.9 Å². The van der Waals surface area contributed by atoms with Gasteiger partial charge in [0.05, 0.1) is 12.2 Å². The minimum atomic E-state index is -1.40. The van der Waals surface area contributed by atoms with Crippen molar-refractivity contribution in [3.63, 3.8) is 0 Å². The summed E-state index contributed by atoms with van der Waals surface area (Å²) in [5.41, 5.74) is 1.51. The Labute approximate surface area is 82.3 Å². The minimum absolute atomic E-state index is 0.192. The molecule has 4 heteroatoms. The highest BCUT2D eigenvalue weighted by atomic mass is 19.1. The third kappa shape index (κ3) is 1.66. The molecule has 3 nitrogen and oxygen atoms in total. The molecule has 14 heavy (non-hydrogen) atoms. The summed E-state index contributed by atoms with van der Waals surface area (Å²) in [6.07, 6.45) is -0.559. The Morgan fingerprint density at radius 1 is 1.57 bits per heavy atom. The van der Waals surface area contributed by atoms with Crippen LogP contribution in [0, 0.1) is 0 Å². The van der Waals surface area contributed by atoms with Gasteiger partial charge in [0.25, 0.3) is 5.91 Å². The van der Waals surface area contributed by atoms with Crippen LogP contribution in [0.5, 0.6) is 0 Å². The van der Waals surface area contributed by atoms with Crippen molar-refractivity contribution in [1.82, 2.24) is 5.32 Å². The van der Waals surface area contributed by atoms with Crippen LogP contribution in [0.15, 0.2) is 11.3 Å². The highest BCUT2D eigenvalue weighted by Gasteiger charge is 2.34. The number of nitrogens with one attached hydrogen (secondary N) is 1. The van der Waals surface area contributed by atoms with E-state index in [0.29, 0.717) is 13.0 Å². The topological polar surface area (TPSA) is 38.3 Å². The number of alkyl halides is 1. The van der Waals surface area contributed by atoms with Gasteiger partial charge in [-0.2, -0.15) is 0 Å². The Morgan fingerprint density at radius 2 is 2.29 bits per heavy atom. The zero-order chi connectivity index (χ0) is 10.3. The largest absolute Gasteiger partial charge is 0.371 e. The molecule has 78 valence electrons. The van der Waals surface area contributed by atoms with Crippen LogP contribution in [0.1, 0.15) is 26.7 Å². The lowest BCUT2D eigenvalue weighted by atomic mass is 9.91. The van der Waals surface area contributed by atoms with E-state index in [1.807, 2.05) is 13.8 Å². The van der Waals surface area contributed by atoms with E-state index in [-0.39, 0.29) is 12.0 Å². The number of carbonyl (C=O) groups excluding carboxylic acids is 1. The number of ether oxygens (including phenoxy) is 1. The summed E-state index contributed by atoms with van der Waals surface area (Å²) in [5, 5.41) is 2.61. The second-order valence-electron chi connectivity index (χ2n) is 4.47. The number of hydrogen-bond donors (Lipinski definition) is 1. The summed E-state index contributed by atoms with van der Waals surface area (Å²) in [4.78, 5) is 11.1. The van der Waals surface area contributed by atoms with Crippen molar-refractivity contribution in [2.24, 2.45) is 0 Å². The highest BCUT2D eigenvalue weighted by Crippen LogP contribution is 2.31. The van der Waals surface area contributed by atoms with Gasteiger partial charge in [0.1, 0.15) is 0 Å². The Balaban J connectivity index is 2.22. The third-order valence-corrected chi connectivity index (χ3v) is 2.65. The van der Waals surface area contributed by atoms with Gasteiger partial charge in [-0.15, -0.1) is 0 Å². The molecule has 2 aliphatic rings. The van der Waals surface area contributed by atoms with Crippen molar-refractivity contribution in [1.29, 1.82) is 0 Å². The summed E-state index contributed by atoms with van der Waals surface area (Å²) >= 11 is 0. The van der Waals surface area contributed by atoms with Crippen LogP contribution in [-0.2, 0) is 9.53 Å². The molecule has 0 radical (unpaired) electrons. The van der Waals surface area contributed by atoms with E-state index in [2.05, 4.69) is 5.32 Å². The second kappa shape index (κ2) is 3.05. The zero-order valence-electron chi connectivity index (χ0n) is 8.39. The lowest BCUT2D eigenvalue weighted by Crippen LogP contribution is -2.44. The van der Waals surface area contributed by atoms with E-state index in [4.69, 9.17) is 4.74 Å². The molecule has 2 heterocycles. The molecule has 0 aromatic carbocycles. The van der Waals surface area contributed by atoms with Gasteiger partial charge in [0, 0.05) is 18.5 Å². The first-order chi connectivity index (χ1) is 6.48. The van der Waals surface area contributed by atoms with E-state index in [1.54, 1.807) is 0 Å². The lowest BCUT2D eigenvalue weighted by molar-refractivity contribution is -0.126. The first-order valence-corrected chi connectivity index (χ1v) is 4.78. The molecule has 0 aliphatic carbocycles. The van der Waals surface area contributed by atoms with Gasteiger partial charge in [-0.25, -0.2) is 4.39 Å². The van der Waals surface area contributed by atoms with Crippen LogP contribution in [0.2, 0.25) is 0 Å². The van der Waals surface area contributed by atoms with Crippen LogP contribution in [0.4, 0.5) is 4.39 Å². The SMILES string of the molecule is CC1(C)CC2=C(CO1)CC(F)C(=O)N2. The minimum Gasteiger partial charge on any atom is -0.371 e. The molecule has 2 rings (SSSR count). The molecule has 0 spiro atoms. The van der Waals surface area contributed by atoms with Gasteiger partial charge in [0.2, 0.25) is 0 Å². The number of halogens is 1. The Hall–Kier alpha value is -0.900. The molecule has 2 aliphatic heterocycles. The zero-order valence-corrected chi connectivity index (χ0v) is 8.39. The van der Waals surface area contributed by atoms with Gasteiger partial charge in [0.15, 0.2) is 6.17 Å². The summed E-state index contributed by atoms with van der Waals surface area (Å²) in [6, 6.07) is 0. The fourth-order valence-corrected chi connectivity index (χ4v) is 1.82. The molecular weight excluding hydrogens is 185 g/mol. The fourth-order valence-electron chi connectivity index (χ4n) is 1.82. The van der Waals surface area contributed by atoms with Gasteiger partial charge in [-0.1, -0.05) is 0 Å². The number of rotatable bonds is 0. The van der Waals surface area contributed by atoms with Crippen molar-refractivity contribution in [2.45, 2.75) is 38.5 Å². The maximum absolute atomic E-state index is 13.0. The average Bonchev–Trinajstić information content (AvgIpc) is 2.07. The van der Waals surface area contributed by atoms with Gasteiger partial charge in [-0.05, 0) is 19.4 Å². The van der Waals surface area contributed by atoms with Crippen LogP contribution in [0.25, 0.3) is 0 Å². The number of hydrogen-bond acceptors (Lipinski definition) is 2. The van der Waals surface area contributed by atoms with Crippen LogP contribution in [0.3, 0.4) is 0 Å². The van der Waals surface area contributed by atoms with E-state index in [1.165, 1.54) is 0 Å². The number of carbonyl (C=O) groups is 1. The van der Waals surface area contributed by atoms with Crippen molar-refractivity contribution in [3.8, 4) is 0 Å². The maximum atomic E-state index is 13.0. The van der Waals surface area contributed by atoms with E-state index in [9.17, 15) is 9.18 Å². The average molecular weight is 199 g/mol. The molecule has 1 N–H and O–H groups in total. The molecule has 1 unspecified atom stereocenters. The van der Waals surface area contributed by atoms with Crippen molar-refractivity contribution in [3.05, 3.63) is 11.3 Å². The molecule has 0 bridgehead atoms. The first kappa shape index (κ1) is 9.65. The van der Waals surface area contributed by atoms with Crippen molar-refractivity contribution >= 4 is 5.91 Å². The molecule has 1 atom stereocenters. The normalized spacial score (nSPS) is 31.1. The first-order valence-electron chi connectivity index (χ1n) is 4.78. The molecular formula is C10H14FNO2.